The molecular formula is C18H22O3. The summed E-state index contributed by atoms with van der Waals surface area (Å²) in [7, 11) is 3.39. The van der Waals surface area contributed by atoms with Crippen molar-refractivity contribution in [1.82, 2.24) is 0 Å². The van der Waals surface area contributed by atoms with E-state index in [1.54, 1.807) is 14.2 Å². The fraction of sp³-hybridized carbons (Fsp3) is 0.333. The summed E-state index contributed by atoms with van der Waals surface area (Å²) in [6.07, 6.45) is 1.71. The Labute approximate surface area is 126 Å². The van der Waals surface area contributed by atoms with Crippen molar-refractivity contribution < 1.29 is 14.2 Å². The first-order valence-electron chi connectivity index (χ1n) is 7.16. The van der Waals surface area contributed by atoms with Gasteiger partial charge in [-0.2, -0.15) is 0 Å². The van der Waals surface area contributed by atoms with Gasteiger partial charge in [0.25, 0.3) is 0 Å². The van der Waals surface area contributed by atoms with Gasteiger partial charge in [0.1, 0.15) is 11.5 Å². The van der Waals surface area contributed by atoms with Gasteiger partial charge in [0.05, 0.1) is 27.4 Å². The summed E-state index contributed by atoms with van der Waals surface area (Å²) in [6, 6.07) is 16.1. The van der Waals surface area contributed by atoms with E-state index >= 15 is 0 Å². The molecular weight excluding hydrogens is 264 g/mol. The standard InChI is InChI=1S/C18H22O3/c1-19-17-9-5-3-7-15(17)11-13-21-14-12-16-8-4-6-10-18(16)20-2/h3-10H,11-14H2,1-2H3. The van der Waals surface area contributed by atoms with Crippen LogP contribution in [0.2, 0.25) is 0 Å². The van der Waals surface area contributed by atoms with Gasteiger partial charge in [-0.25, -0.2) is 0 Å². The average Bonchev–Trinajstić information content (AvgIpc) is 2.55. The second kappa shape index (κ2) is 8.32. The van der Waals surface area contributed by atoms with Crippen LogP contribution in [0.15, 0.2) is 48.5 Å². The second-order valence-corrected chi connectivity index (χ2v) is 4.74. The molecule has 0 fully saturated rings. The van der Waals surface area contributed by atoms with Gasteiger partial charge in [-0.05, 0) is 36.1 Å². The zero-order valence-corrected chi connectivity index (χ0v) is 12.7. The van der Waals surface area contributed by atoms with Crippen molar-refractivity contribution in [3.63, 3.8) is 0 Å². The van der Waals surface area contributed by atoms with Crippen molar-refractivity contribution >= 4 is 0 Å². The molecule has 0 bridgehead atoms. The quantitative estimate of drug-likeness (QED) is 0.695. The molecule has 2 aromatic rings. The van der Waals surface area contributed by atoms with E-state index < -0.39 is 0 Å². The van der Waals surface area contributed by atoms with Crippen LogP contribution in [0.4, 0.5) is 0 Å². The Balaban J connectivity index is 1.75. The number of ether oxygens (including phenoxy) is 3. The number of hydrogen-bond acceptors (Lipinski definition) is 3. The van der Waals surface area contributed by atoms with Crippen molar-refractivity contribution in [2.24, 2.45) is 0 Å². The van der Waals surface area contributed by atoms with Crippen LogP contribution < -0.4 is 9.47 Å². The zero-order chi connectivity index (χ0) is 14.9. The SMILES string of the molecule is COc1ccccc1CCOCCc1ccccc1OC. The highest BCUT2D eigenvalue weighted by Gasteiger charge is 2.03. The van der Waals surface area contributed by atoms with E-state index in [1.165, 1.54) is 11.1 Å². The molecule has 3 nitrogen and oxygen atoms in total. The van der Waals surface area contributed by atoms with E-state index in [9.17, 15) is 0 Å². The number of rotatable bonds is 8. The molecule has 2 rings (SSSR count). The lowest BCUT2D eigenvalue weighted by Gasteiger charge is -2.10. The first-order chi connectivity index (χ1) is 10.3. The minimum Gasteiger partial charge on any atom is -0.496 e. The Hall–Kier alpha value is -2.00. The molecule has 0 heterocycles. The van der Waals surface area contributed by atoms with Crippen LogP contribution >= 0.6 is 0 Å². The lowest BCUT2D eigenvalue weighted by molar-refractivity contribution is 0.139. The Bertz CT molecular complexity index is 502. The monoisotopic (exact) mass is 286 g/mol. The summed E-state index contributed by atoms with van der Waals surface area (Å²) in [6.45, 7) is 1.38. The summed E-state index contributed by atoms with van der Waals surface area (Å²) < 4.78 is 16.4. The fourth-order valence-electron chi connectivity index (χ4n) is 2.29. The number of para-hydroxylation sites is 2. The molecule has 0 saturated carbocycles. The normalized spacial score (nSPS) is 10.4. The summed E-state index contributed by atoms with van der Waals surface area (Å²) in [4.78, 5) is 0. The molecule has 112 valence electrons. The highest BCUT2D eigenvalue weighted by Crippen LogP contribution is 2.19. The summed E-state index contributed by atoms with van der Waals surface area (Å²) in [5, 5.41) is 0. The predicted octanol–water partition coefficient (Wildman–Crippen LogP) is 3.51. The van der Waals surface area contributed by atoms with Crippen molar-refractivity contribution in [3.05, 3.63) is 59.7 Å². The van der Waals surface area contributed by atoms with Crippen LogP contribution in [-0.4, -0.2) is 27.4 Å². The first-order valence-corrected chi connectivity index (χ1v) is 7.16. The summed E-state index contributed by atoms with van der Waals surface area (Å²) in [5.74, 6) is 1.84. The van der Waals surface area contributed by atoms with E-state index in [0.717, 1.165) is 24.3 Å². The van der Waals surface area contributed by atoms with Gasteiger partial charge in [0, 0.05) is 0 Å². The maximum Gasteiger partial charge on any atom is 0.122 e. The molecule has 0 N–H and O–H groups in total. The van der Waals surface area contributed by atoms with Crippen LogP contribution in [-0.2, 0) is 17.6 Å². The third-order valence-corrected chi connectivity index (χ3v) is 3.42. The Kier molecular flexibility index (Phi) is 6.10. The van der Waals surface area contributed by atoms with Crippen LogP contribution in [0.5, 0.6) is 11.5 Å². The first kappa shape index (κ1) is 15.4. The fourth-order valence-corrected chi connectivity index (χ4v) is 2.29. The van der Waals surface area contributed by atoms with Crippen molar-refractivity contribution in [3.8, 4) is 11.5 Å². The van der Waals surface area contributed by atoms with Crippen molar-refractivity contribution in [1.29, 1.82) is 0 Å². The molecule has 0 atom stereocenters. The predicted molar refractivity (Wildman–Crippen MR) is 84.2 cm³/mol. The third kappa shape index (κ3) is 4.50. The molecule has 21 heavy (non-hydrogen) atoms. The van der Waals surface area contributed by atoms with E-state index in [0.29, 0.717) is 13.2 Å². The third-order valence-electron chi connectivity index (χ3n) is 3.42. The van der Waals surface area contributed by atoms with Crippen molar-refractivity contribution in [2.45, 2.75) is 12.8 Å². The molecule has 0 saturated heterocycles. The maximum atomic E-state index is 5.73. The van der Waals surface area contributed by atoms with Gasteiger partial charge < -0.3 is 14.2 Å². The van der Waals surface area contributed by atoms with E-state index in [-0.39, 0.29) is 0 Å². The van der Waals surface area contributed by atoms with Gasteiger partial charge in [-0.1, -0.05) is 36.4 Å². The van der Waals surface area contributed by atoms with Crippen LogP contribution in [0, 0.1) is 0 Å². The van der Waals surface area contributed by atoms with E-state index in [1.807, 2.05) is 36.4 Å². The summed E-state index contributed by atoms with van der Waals surface area (Å²) >= 11 is 0. The van der Waals surface area contributed by atoms with E-state index in [2.05, 4.69) is 12.1 Å². The second-order valence-electron chi connectivity index (χ2n) is 4.74. The highest BCUT2D eigenvalue weighted by molar-refractivity contribution is 5.34. The molecule has 0 aliphatic carbocycles. The van der Waals surface area contributed by atoms with Gasteiger partial charge in [0.15, 0.2) is 0 Å². The molecule has 0 unspecified atom stereocenters. The lowest BCUT2D eigenvalue weighted by Crippen LogP contribution is -2.04. The Morgan fingerprint density at radius 2 is 1.10 bits per heavy atom. The topological polar surface area (TPSA) is 27.7 Å². The van der Waals surface area contributed by atoms with E-state index in [4.69, 9.17) is 14.2 Å². The molecule has 2 aromatic carbocycles. The lowest BCUT2D eigenvalue weighted by atomic mass is 10.1. The molecule has 0 aliphatic rings. The molecule has 0 aromatic heterocycles. The molecule has 3 heteroatoms. The van der Waals surface area contributed by atoms with Gasteiger partial charge in [-0.3, -0.25) is 0 Å². The largest absolute Gasteiger partial charge is 0.496 e. The molecule has 0 amide bonds. The number of methoxy groups -OCH3 is 2. The Morgan fingerprint density at radius 3 is 1.52 bits per heavy atom. The zero-order valence-electron chi connectivity index (χ0n) is 12.7. The maximum absolute atomic E-state index is 5.73. The van der Waals surface area contributed by atoms with Gasteiger partial charge in [-0.15, -0.1) is 0 Å². The summed E-state index contributed by atoms with van der Waals surface area (Å²) in [5.41, 5.74) is 2.36. The van der Waals surface area contributed by atoms with Crippen LogP contribution in [0.3, 0.4) is 0 Å². The van der Waals surface area contributed by atoms with Gasteiger partial charge in [0.2, 0.25) is 0 Å². The van der Waals surface area contributed by atoms with Crippen LogP contribution in [0.25, 0.3) is 0 Å². The smallest absolute Gasteiger partial charge is 0.122 e. The average molecular weight is 286 g/mol. The molecule has 0 spiro atoms. The number of benzene rings is 2. The van der Waals surface area contributed by atoms with Crippen LogP contribution in [0.1, 0.15) is 11.1 Å². The van der Waals surface area contributed by atoms with Crippen molar-refractivity contribution in [2.75, 3.05) is 27.4 Å². The Morgan fingerprint density at radius 1 is 0.667 bits per heavy atom. The molecule has 0 radical (unpaired) electrons. The van der Waals surface area contributed by atoms with Gasteiger partial charge >= 0.3 is 0 Å². The molecule has 0 aliphatic heterocycles. The minimum absolute atomic E-state index is 0.690. The number of hydrogen-bond donors (Lipinski definition) is 0. The highest BCUT2D eigenvalue weighted by atomic mass is 16.5. The minimum atomic E-state index is 0.690.